The Morgan fingerprint density at radius 2 is 1.91 bits per heavy atom. The van der Waals surface area contributed by atoms with E-state index in [0.717, 1.165) is 28.6 Å². The van der Waals surface area contributed by atoms with E-state index in [1.165, 1.54) is 17.2 Å². The summed E-state index contributed by atoms with van der Waals surface area (Å²) in [6.45, 7) is 9.39. The molecule has 0 saturated heterocycles. The fraction of sp³-hybridized carbons (Fsp3) is 0.385. The summed E-state index contributed by atoms with van der Waals surface area (Å²) < 4.78 is 17.1. The maximum absolute atomic E-state index is 12.1. The minimum Gasteiger partial charge on any atom is -0.477 e. The highest BCUT2D eigenvalue weighted by atomic mass is 16.5. The van der Waals surface area contributed by atoms with Gasteiger partial charge in [0.05, 0.1) is 11.7 Å². The van der Waals surface area contributed by atoms with E-state index in [4.69, 9.17) is 13.9 Å². The van der Waals surface area contributed by atoms with Crippen LogP contribution in [0, 0.1) is 13.8 Å². The molecule has 0 radical (unpaired) electrons. The third-order valence-electron chi connectivity index (χ3n) is 5.63. The predicted molar refractivity (Wildman–Crippen MR) is 123 cm³/mol. The second-order valence-corrected chi connectivity index (χ2v) is 8.75. The molecule has 1 aliphatic heterocycles. The van der Waals surface area contributed by atoms with Crippen molar-refractivity contribution in [1.29, 1.82) is 0 Å². The number of carbonyl (C=O) groups is 1. The molecular weight excluding hydrogens is 406 g/mol. The lowest BCUT2D eigenvalue weighted by atomic mass is 9.97. The van der Waals surface area contributed by atoms with Crippen molar-refractivity contribution in [2.24, 2.45) is 0 Å². The first kappa shape index (κ1) is 22.1. The molecule has 1 aromatic heterocycles. The van der Waals surface area contributed by atoms with E-state index in [1.807, 2.05) is 26.8 Å². The predicted octanol–water partition coefficient (Wildman–Crippen LogP) is 4.65. The van der Waals surface area contributed by atoms with Crippen molar-refractivity contribution in [3.63, 3.8) is 0 Å². The maximum atomic E-state index is 12.1. The molecule has 2 aromatic carbocycles. The Kier molecular flexibility index (Phi) is 6.33. The van der Waals surface area contributed by atoms with Gasteiger partial charge in [-0.1, -0.05) is 29.8 Å². The standard InChI is InChI=1S/C26H29NO5/c1-16(2)31-23(28)10-9-20-12-21-18(4)11-24(29)32-26(21)22-14-27(15-30-25(20)22)13-19-7-5-17(3)6-8-19/h5-8,11-12,16H,9-10,13-15H2,1-4H3. The molecule has 1 aliphatic rings. The van der Waals surface area contributed by atoms with Crippen molar-refractivity contribution in [3.05, 3.63) is 74.6 Å². The third kappa shape index (κ3) is 4.86. The molecule has 0 N–H and O–H groups in total. The molecule has 3 aromatic rings. The molecule has 0 spiro atoms. The van der Waals surface area contributed by atoms with Gasteiger partial charge in [0.25, 0.3) is 0 Å². The number of fused-ring (bicyclic) bond motifs is 3. The smallest absolute Gasteiger partial charge is 0.336 e. The summed E-state index contributed by atoms with van der Waals surface area (Å²) in [5.41, 5.74) is 5.23. The largest absolute Gasteiger partial charge is 0.477 e. The number of rotatable bonds is 6. The lowest BCUT2D eigenvalue weighted by molar-refractivity contribution is -0.147. The van der Waals surface area contributed by atoms with Gasteiger partial charge in [0.15, 0.2) is 0 Å². The van der Waals surface area contributed by atoms with E-state index in [1.54, 1.807) is 0 Å². The van der Waals surface area contributed by atoms with E-state index in [9.17, 15) is 9.59 Å². The molecular formula is C26H29NO5. The zero-order chi connectivity index (χ0) is 22.8. The van der Waals surface area contributed by atoms with Crippen LogP contribution in [-0.4, -0.2) is 23.7 Å². The van der Waals surface area contributed by atoms with Gasteiger partial charge in [0, 0.05) is 31.0 Å². The fourth-order valence-corrected chi connectivity index (χ4v) is 4.10. The van der Waals surface area contributed by atoms with Crippen molar-refractivity contribution < 1.29 is 18.7 Å². The molecule has 0 fully saturated rings. The lowest BCUT2D eigenvalue weighted by Crippen LogP contribution is -2.32. The molecule has 168 valence electrons. The first-order valence-corrected chi connectivity index (χ1v) is 11.0. The highest BCUT2D eigenvalue weighted by Crippen LogP contribution is 2.37. The Hall–Kier alpha value is -3.12. The van der Waals surface area contributed by atoms with Gasteiger partial charge in [-0.3, -0.25) is 9.69 Å². The van der Waals surface area contributed by atoms with Gasteiger partial charge in [-0.05, 0) is 56.9 Å². The first-order valence-electron chi connectivity index (χ1n) is 11.0. The number of esters is 1. The van der Waals surface area contributed by atoms with Gasteiger partial charge in [0.2, 0.25) is 0 Å². The van der Waals surface area contributed by atoms with E-state index in [2.05, 4.69) is 36.1 Å². The summed E-state index contributed by atoms with van der Waals surface area (Å²) in [6, 6.07) is 11.9. The molecule has 32 heavy (non-hydrogen) atoms. The number of aryl methyl sites for hydroxylation is 3. The van der Waals surface area contributed by atoms with Crippen molar-refractivity contribution in [3.8, 4) is 5.75 Å². The number of carbonyl (C=O) groups excluding carboxylic acids is 1. The Bertz CT molecular complexity index is 1190. The number of ether oxygens (including phenoxy) is 2. The summed E-state index contributed by atoms with van der Waals surface area (Å²) in [5.74, 6) is 0.478. The molecule has 0 amide bonds. The minimum atomic E-state index is -0.374. The van der Waals surface area contributed by atoms with Gasteiger partial charge in [0.1, 0.15) is 18.1 Å². The summed E-state index contributed by atoms with van der Waals surface area (Å²) in [6.07, 6.45) is 0.624. The van der Waals surface area contributed by atoms with Crippen LogP contribution in [0.4, 0.5) is 0 Å². The topological polar surface area (TPSA) is 69.0 Å². The van der Waals surface area contributed by atoms with Gasteiger partial charge in [-0.2, -0.15) is 0 Å². The second kappa shape index (κ2) is 9.17. The van der Waals surface area contributed by atoms with Crippen LogP contribution in [-0.2, 0) is 29.0 Å². The van der Waals surface area contributed by atoms with E-state index in [0.29, 0.717) is 31.0 Å². The van der Waals surface area contributed by atoms with Gasteiger partial charge < -0.3 is 13.9 Å². The molecule has 2 heterocycles. The SMILES string of the molecule is Cc1ccc(CN2COc3c(CCC(=O)OC(C)C)cc4c(C)cc(=O)oc4c3C2)cc1. The second-order valence-electron chi connectivity index (χ2n) is 8.75. The Labute approximate surface area is 187 Å². The average molecular weight is 436 g/mol. The van der Waals surface area contributed by atoms with E-state index in [-0.39, 0.29) is 24.1 Å². The van der Waals surface area contributed by atoms with E-state index >= 15 is 0 Å². The van der Waals surface area contributed by atoms with Crippen LogP contribution in [0.2, 0.25) is 0 Å². The van der Waals surface area contributed by atoms with Crippen LogP contribution < -0.4 is 10.4 Å². The zero-order valence-electron chi connectivity index (χ0n) is 19.1. The quantitative estimate of drug-likeness (QED) is 0.415. The molecule has 0 unspecified atom stereocenters. The Morgan fingerprint density at radius 3 is 2.62 bits per heavy atom. The van der Waals surface area contributed by atoms with Gasteiger partial charge in [-0.15, -0.1) is 0 Å². The van der Waals surface area contributed by atoms with Crippen LogP contribution in [0.1, 0.15) is 48.1 Å². The first-order chi connectivity index (χ1) is 15.3. The third-order valence-corrected chi connectivity index (χ3v) is 5.63. The van der Waals surface area contributed by atoms with Gasteiger partial charge >= 0.3 is 11.6 Å². The summed E-state index contributed by atoms with van der Waals surface area (Å²) >= 11 is 0. The number of hydrogen-bond acceptors (Lipinski definition) is 6. The number of benzene rings is 2. The zero-order valence-corrected chi connectivity index (χ0v) is 19.1. The molecule has 4 rings (SSSR count). The van der Waals surface area contributed by atoms with Crippen LogP contribution in [0.3, 0.4) is 0 Å². The molecule has 0 aliphatic carbocycles. The monoisotopic (exact) mass is 435 g/mol. The van der Waals surface area contributed by atoms with Crippen LogP contribution in [0.5, 0.6) is 5.75 Å². The normalized spacial score (nSPS) is 13.8. The van der Waals surface area contributed by atoms with Crippen LogP contribution >= 0.6 is 0 Å². The number of hydrogen-bond donors (Lipinski definition) is 0. The Balaban J connectivity index is 1.68. The highest BCUT2D eigenvalue weighted by Gasteiger charge is 2.26. The van der Waals surface area contributed by atoms with Crippen molar-refractivity contribution in [2.45, 2.75) is 59.7 Å². The summed E-state index contributed by atoms with van der Waals surface area (Å²) in [7, 11) is 0. The molecule has 6 nitrogen and oxygen atoms in total. The van der Waals surface area contributed by atoms with Crippen LogP contribution in [0.15, 0.2) is 45.6 Å². The van der Waals surface area contributed by atoms with Crippen molar-refractivity contribution >= 4 is 16.9 Å². The summed E-state index contributed by atoms with van der Waals surface area (Å²) in [4.78, 5) is 26.4. The van der Waals surface area contributed by atoms with Crippen molar-refractivity contribution in [1.82, 2.24) is 4.90 Å². The molecule has 0 atom stereocenters. The molecule has 0 saturated carbocycles. The lowest BCUT2D eigenvalue weighted by Gasteiger charge is -2.31. The summed E-state index contributed by atoms with van der Waals surface area (Å²) in [5, 5.41) is 0.872. The Morgan fingerprint density at radius 1 is 1.16 bits per heavy atom. The van der Waals surface area contributed by atoms with E-state index < -0.39 is 0 Å². The average Bonchev–Trinajstić information content (AvgIpc) is 2.73. The molecule has 0 bridgehead atoms. The minimum absolute atomic E-state index is 0.142. The maximum Gasteiger partial charge on any atom is 0.336 e. The number of nitrogens with zero attached hydrogens (tertiary/aromatic N) is 1. The van der Waals surface area contributed by atoms with Crippen LogP contribution in [0.25, 0.3) is 11.0 Å². The van der Waals surface area contributed by atoms with Crippen molar-refractivity contribution in [2.75, 3.05) is 6.73 Å². The highest BCUT2D eigenvalue weighted by molar-refractivity contribution is 5.86. The molecule has 6 heteroatoms. The fourth-order valence-electron chi connectivity index (χ4n) is 4.10. The van der Waals surface area contributed by atoms with Gasteiger partial charge in [-0.25, -0.2) is 4.79 Å².